The van der Waals surface area contributed by atoms with E-state index in [0.717, 1.165) is 23.2 Å². The van der Waals surface area contributed by atoms with Gasteiger partial charge in [0.2, 0.25) is 0 Å². The molecule has 0 spiro atoms. The number of hydrogen-bond acceptors (Lipinski definition) is 3. The summed E-state index contributed by atoms with van der Waals surface area (Å²) in [5.41, 5.74) is 2.48. The Balaban J connectivity index is 1.53. The number of ether oxygens (including phenoxy) is 1. The summed E-state index contributed by atoms with van der Waals surface area (Å²) in [5.74, 6) is 3.36. The third kappa shape index (κ3) is 4.34. The minimum absolute atomic E-state index is 0.688. The predicted octanol–water partition coefficient (Wildman–Crippen LogP) is 5.30. The predicted molar refractivity (Wildman–Crippen MR) is 98.1 cm³/mol. The fourth-order valence-corrected chi connectivity index (χ4v) is 3.69. The number of hydrogen-bond donors (Lipinski definition) is 0. The molecule has 3 nitrogen and oxygen atoms in total. The first-order valence-corrected chi connectivity index (χ1v) is 9.23. The van der Waals surface area contributed by atoms with Crippen molar-refractivity contribution >= 4 is 0 Å². The molecular formula is C21H28N2O. The lowest BCUT2D eigenvalue weighted by Gasteiger charge is -2.27. The van der Waals surface area contributed by atoms with Crippen molar-refractivity contribution in [1.29, 1.82) is 0 Å². The van der Waals surface area contributed by atoms with Crippen LogP contribution in [0.2, 0.25) is 0 Å². The van der Waals surface area contributed by atoms with E-state index in [1.54, 1.807) is 19.5 Å². The van der Waals surface area contributed by atoms with Crippen molar-refractivity contribution in [3.05, 3.63) is 42.2 Å². The molecule has 1 aliphatic rings. The lowest BCUT2D eigenvalue weighted by Crippen LogP contribution is -2.14. The Bertz CT molecular complexity index is 613. The third-order valence-electron chi connectivity index (χ3n) is 5.46. The molecule has 1 fully saturated rings. The zero-order valence-corrected chi connectivity index (χ0v) is 14.9. The highest BCUT2D eigenvalue weighted by molar-refractivity contribution is 5.55. The Morgan fingerprint density at radius 1 is 0.958 bits per heavy atom. The molecule has 1 aliphatic carbocycles. The Labute approximate surface area is 145 Å². The molecule has 1 saturated carbocycles. The SMILES string of the molecule is CC[C@H]1CC[C@H](CCc2ccc(-c3ncc(OC)cn3)cc2)CC1. The minimum Gasteiger partial charge on any atom is -0.494 e. The molecule has 0 amide bonds. The number of rotatable bonds is 6. The van der Waals surface area contributed by atoms with E-state index in [2.05, 4.69) is 41.2 Å². The van der Waals surface area contributed by atoms with Gasteiger partial charge in [0, 0.05) is 5.56 Å². The number of aromatic nitrogens is 2. The van der Waals surface area contributed by atoms with Gasteiger partial charge in [-0.05, 0) is 30.2 Å². The smallest absolute Gasteiger partial charge is 0.159 e. The normalized spacial score (nSPS) is 20.8. The van der Waals surface area contributed by atoms with E-state index >= 15 is 0 Å². The van der Waals surface area contributed by atoms with Crippen molar-refractivity contribution < 1.29 is 4.74 Å². The summed E-state index contributed by atoms with van der Waals surface area (Å²) >= 11 is 0. The molecule has 0 radical (unpaired) electrons. The van der Waals surface area contributed by atoms with Crippen molar-refractivity contribution in [3.63, 3.8) is 0 Å². The van der Waals surface area contributed by atoms with Crippen molar-refractivity contribution in [2.45, 2.75) is 51.9 Å². The Kier molecular flexibility index (Phi) is 5.84. The van der Waals surface area contributed by atoms with Crippen LogP contribution in [0.1, 0.15) is 51.0 Å². The summed E-state index contributed by atoms with van der Waals surface area (Å²) in [4.78, 5) is 8.70. The molecule has 0 unspecified atom stereocenters. The molecule has 1 aromatic carbocycles. The van der Waals surface area contributed by atoms with Gasteiger partial charge in [-0.2, -0.15) is 0 Å². The molecule has 2 aromatic rings. The Hall–Kier alpha value is -1.90. The average molecular weight is 324 g/mol. The van der Waals surface area contributed by atoms with Gasteiger partial charge >= 0.3 is 0 Å². The molecular weight excluding hydrogens is 296 g/mol. The van der Waals surface area contributed by atoms with Crippen LogP contribution < -0.4 is 4.74 Å². The van der Waals surface area contributed by atoms with Gasteiger partial charge in [-0.1, -0.05) is 63.3 Å². The van der Waals surface area contributed by atoms with E-state index in [1.165, 1.54) is 50.5 Å². The molecule has 0 saturated heterocycles. The maximum Gasteiger partial charge on any atom is 0.159 e. The lowest BCUT2D eigenvalue weighted by atomic mass is 9.78. The molecule has 0 aliphatic heterocycles. The maximum atomic E-state index is 5.10. The van der Waals surface area contributed by atoms with Crippen LogP contribution in [0.15, 0.2) is 36.7 Å². The van der Waals surface area contributed by atoms with Crippen LogP contribution in [0.4, 0.5) is 0 Å². The van der Waals surface area contributed by atoms with Crippen molar-refractivity contribution in [3.8, 4) is 17.1 Å². The number of benzene rings is 1. The molecule has 128 valence electrons. The summed E-state index contributed by atoms with van der Waals surface area (Å²) in [7, 11) is 1.63. The highest BCUT2D eigenvalue weighted by atomic mass is 16.5. The van der Waals surface area contributed by atoms with Gasteiger partial charge in [-0.25, -0.2) is 9.97 Å². The van der Waals surface area contributed by atoms with E-state index in [-0.39, 0.29) is 0 Å². The largest absolute Gasteiger partial charge is 0.494 e. The van der Waals surface area contributed by atoms with E-state index in [9.17, 15) is 0 Å². The van der Waals surface area contributed by atoms with Crippen LogP contribution in [-0.4, -0.2) is 17.1 Å². The van der Waals surface area contributed by atoms with E-state index in [1.807, 2.05) is 0 Å². The Morgan fingerprint density at radius 3 is 2.17 bits per heavy atom. The molecule has 24 heavy (non-hydrogen) atoms. The summed E-state index contributed by atoms with van der Waals surface area (Å²) in [6.45, 7) is 2.33. The zero-order valence-electron chi connectivity index (χ0n) is 14.9. The van der Waals surface area contributed by atoms with Gasteiger partial charge in [0.15, 0.2) is 11.6 Å². The van der Waals surface area contributed by atoms with Crippen molar-refractivity contribution in [1.82, 2.24) is 9.97 Å². The molecule has 0 bridgehead atoms. The van der Waals surface area contributed by atoms with Crippen LogP contribution in [0.3, 0.4) is 0 Å². The van der Waals surface area contributed by atoms with Gasteiger partial charge in [-0.15, -0.1) is 0 Å². The summed E-state index contributed by atoms with van der Waals surface area (Å²) in [5, 5.41) is 0. The van der Waals surface area contributed by atoms with E-state index < -0.39 is 0 Å². The van der Waals surface area contributed by atoms with Gasteiger partial charge in [0.05, 0.1) is 19.5 Å². The zero-order chi connectivity index (χ0) is 16.8. The number of methoxy groups -OCH3 is 1. The van der Waals surface area contributed by atoms with E-state index in [4.69, 9.17) is 4.74 Å². The molecule has 0 atom stereocenters. The van der Waals surface area contributed by atoms with Crippen LogP contribution in [0, 0.1) is 11.8 Å². The van der Waals surface area contributed by atoms with Gasteiger partial charge < -0.3 is 4.74 Å². The van der Waals surface area contributed by atoms with Crippen LogP contribution >= 0.6 is 0 Å². The second-order valence-corrected chi connectivity index (χ2v) is 6.98. The first-order valence-electron chi connectivity index (χ1n) is 9.23. The van der Waals surface area contributed by atoms with E-state index in [0.29, 0.717) is 5.75 Å². The summed E-state index contributed by atoms with van der Waals surface area (Å²) < 4.78 is 5.10. The Morgan fingerprint density at radius 2 is 1.58 bits per heavy atom. The average Bonchev–Trinajstić information content (AvgIpc) is 2.67. The maximum absolute atomic E-state index is 5.10. The minimum atomic E-state index is 0.688. The molecule has 0 N–H and O–H groups in total. The quantitative estimate of drug-likeness (QED) is 0.723. The first-order chi connectivity index (χ1) is 11.8. The lowest BCUT2D eigenvalue weighted by molar-refractivity contribution is 0.259. The second-order valence-electron chi connectivity index (χ2n) is 6.98. The number of aryl methyl sites for hydroxylation is 1. The standard InChI is InChI=1S/C21H28N2O/c1-3-16-4-6-17(7-5-16)8-9-18-10-12-19(13-11-18)21-22-14-20(24-2)15-23-21/h10-17H,3-9H2,1-2H3/t16-,17-. The number of nitrogens with zero attached hydrogens (tertiary/aromatic N) is 2. The van der Waals surface area contributed by atoms with Crippen molar-refractivity contribution in [2.24, 2.45) is 11.8 Å². The van der Waals surface area contributed by atoms with Gasteiger partial charge in [-0.3, -0.25) is 0 Å². The molecule has 1 heterocycles. The van der Waals surface area contributed by atoms with Crippen LogP contribution in [-0.2, 0) is 6.42 Å². The highest BCUT2D eigenvalue weighted by Gasteiger charge is 2.19. The topological polar surface area (TPSA) is 35.0 Å². The van der Waals surface area contributed by atoms with Crippen LogP contribution in [0.5, 0.6) is 5.75 Å². The van der Waals surface area contributed by atoms with Crippen LogP contribution in [0.25, 0.3) is 11.4 Å². The fraction of sp³-hybridized carbons (Fsp3) is 0.524. The van der Waals surface area contributed by atoms with Gasteiger partial charge in [0.25, 0.3) is 0 Å². The second kappa shape index (κ2) is 8.27. The third-order valence-corrected chi connectivity index (χ3v) is 5.46. The molecule has 3 heteroatoms. The first kappa shape index (κ1) is 16.9. The fourth-order valence-electron chi connectivity index (χ4n) is 3.69. The van der Waals surface area contributed by atoms with Gasteiger partial charge in [0.1, 0.15) is 0 Å². The molecule has 3 rings (SSSR count). The highest BCUT2D eigenvalue weighted by Crippen LogP contribution is 2.33. The summed E-state index contributed by atoms with van der Waals surface area (Å²) in [6, 6.07) is 8.71. The monoisotopic (exact) mass is 324 g/mol. The molecule has 1 aromatic heterocycles. The van der Waals surface area contributed by atoms with Crippen molar-refractivity contribution in [2.75, 3.05) is 7.11 Å². The summed E-state index contributed by atoms with van der Waals surface area (Å²) in [6.07, 6.45) is 13.0.